The first-order valence-electron chi connectivity index (χ1n) is 6.88. The van der Waals surface area contributed by atoms with E-state index in [0.29, 0.717) is 12.5 Å². The summed E-state index contributed by atoms with van der Waals surface area (Å²) in [5.41, 5.74) is 0.734. The number of hydrogen-bond donors (Lipinski definition) is 2. The lowest BCUT2D eigenvalue weighted by molar-refractivity contribution is -0.114. The van der Waals surface area contributed by atoms with Gasteiger partial charge in [-0.05, 0) is 25.0 Å². The topological polar surface area (TPSA) is 50.4 Å². The molecule has 0 bridgehead atoms. The van der Waals surface area contributed by atoms with Crippen molar-refractivity contribution >= 4 is 11.6 Å². The standard InChI is InChI=1S/C15H22N2O2/c1-11(9-16-13-7-8-13)10-19-15-6-4-3-5-14(15)17-12(2)18/h3-6,11,13,16H,7-10H2,1-2H3,(H,17,18). The Morgan fingerprint density at radius 1 is 1.42 bits per heavy atom. The highest BCUT2D eigenvalue weighted by Gasteiger charge is 2.20. The summed E-state index contributed by atoms with van der Waals surface area (Å²) in [6, 6.07) is 8.26. The number of para-hydroxylation sites is 2. The molecule has 2 rings (SSSR count). The summed E-state index contributed by atoms with van der Waals surface area (Å²) in [5, 5.41) is 6.27. The molecule has 4 heteroatoms. The molecule has 1 aliphatic rings. The van der Waals surface area contributed by atoms with E-state index in [1.165, 1.54) is 19.8 Å². The van der Waals surface area contributed by atoms with E-state index < -0.39 is 0 Å². The van der Waals surface area contributed by atoms with Crippen molar-refractivity contribution in [2.45, 2.75) is 32.7 Å². The Morgan fingerprint density at radius 3 is 2.84 bits per heavy atom. The van der Waals surface area contributed by atoms with Gasteiger partial charge in [0.2, 0.25) is 5.91 Å². The predicted molar refractivity (Wildman–Crippen MR) is 76.4 cm³/mol. The highest BCUT2D eigenvalue weighted by atomic mass is 16.5. The Balaban J connectivity index is 1.81. The maximum Gasteiger partial charge on any atom is 0.221 e. The molecule has 0 aliphatic heterocycles. The number of nitrogens with one attached hydrogen (secondary N) is 2. The van der Waals surface area contributed by atoms with E-state index in [9.17, 15) is 4.79 Å². The van der Waals surface area contributed by atoms with Crippen LogP contribution in [-0.2, 0) is 4.79 Å². The maximum atomic E-state index is 11.1. The van der Waals surface area contributed by atoms with Crippen LogP contribution in [0.5, 0.6) is 5.75 Å². The van der Waals surface area contributed by atoms with Crippen molar-refractivity contribution in [3.8, 4) is 5.75 Å². The fourth-order valence-electron chi connectivity index (χ4n) is 1.83. The van der Waals surface area contributed by atoms with Crippen molar-refractivity contribution in [2.24, 2.45) is 5.92 Å². The van der Waals surface area contributed by atoms with Crippen LogP contribution < -0.4 is 15.4 Å². The number of ether oxygens (including phenoxy) is 1. The zero-order valence-corrected chi connectivity index (χ0v) is 11.6. The number of carbonyl (C=O) groups excluding carboxylic acids is 1. The molecule has 1 aromatic carbocycles. The van der Waals surface area contributed by atoms with Gasteiger partial charge in [0.25, 0.3) is 0 Å². The minimum absolute atomic E-state index is 0.0838. The van der Waals surface area contributed by atoms with E-state index in [-0.39, 0.29) is 5.91 Å². The molecule has 0 radical (unpaired) electrons. The second-order valence-electron chi connectivity index (χ2n) is 5.28. The van der Waals surface area contributed by atoms with Crippen molar-refractivity contribution in [3.05, 3.63) is 24.3 Å². The van der Waals surface area contributed by atoms with Crippen molar-refractivity contribution in [2.75, 3.05) is 18.5 Å². The summed E-state index contributed by atoms with van der Waals surface area (Å²) < 4.78 is 5.80. The smallest absolute Gasteiger partial charge is 0.221 e. The molecule has 104 valence electrons. The van der Waals surface area contributed by atoms with Crippen LogP contribution >= 0.6 is 0 Å². The van der Waals surface area contributed by atoms with Crippen LogP contribution in [0, 0.1) is 5.92 Å². The molecule has 2 N–H and O–H groups in total. The van der Waals surface area contributed by atoms with Gasteiger partial charge in [-0.1, -0.05) is 19.1 Å². The number of amides is 1. The minimum Gasteiger partial charge on any atom is -0.491 e. The third-order valence-corrected chi connectivity index (χ3v) is 3.05. The predicted octanol–water partition coefficient (Wildman–Crippen LogP) is 2.41. The van der Waals surface area contributed by atoms with Crippen LogP contribution in [-0.4, -0.2) is 25.1 Å². The Bertz CT molecular complexity index is 430. The quantitative estimate of drug-likeness (QED) is 0.793. The summed E-state index contributed by atoms with van der Waals surface area (Å²) in [6.45, 7) is 5.29. The summed E-state index contributed by atoms with van der Waals surface area (Å²) in [4.78, 5) is 11.1. The van der Waals surface area contributed by atoms with Gasteiger partial charge in [-0.25, -0.2) is 0 Å². The molecule has 1 saturated carbocycles. The fraction of sp³-hybridized carbons (Fsp3) is 0.533. The second kappa shape index (κ2) is 6.57. The van der Waals surface area contributed by atoms with Crippen molar-refractivity contribution in [1.29, 1.82) is 0 Å². The molecule has 1 aromatic rings. The Labute approximate surface area is 114 Å². The lowest BCUT2D eigenvalue weighted by atomic mass is 10.2. The number of carbonyl (C=O) groups is 1. The van der Waals surface area contributed by atoms with Crippen LogP contribution in [0.2, 0.25) is 0 Å². The Morgan fingerprint density at radius 2 is 2.16 bits per heavy atom. The van der Waals surface area contributed by atoms with Gasteiger partial charge in [0.15, 0.2) is 0 Å². The first-order chi connectivity index (χ1) is 9.15. The third-order valence-electron chi connectivity index (χ3n) is 3.05. The zero-order valence-electron chi connectivity index (χ0n) is 11.6. The van der Waals surface area contributed by atoms with Crippen LogP contribution in [0.3, 0.4) is 0 Å². The van der Waals surface area contributed by atoms with Crippen LogP contribution in [0.4, 0.5) is 5.69 Å². The average molecular weight is 262 g/mol. The van der Waals surface area contributed by atoms with Gasteiger partial charge in [-0.3, -0.25) is 4.79 Å². The van der Waals surface area contributed by atoms with E-state index in [1.807, 2.05) is 24.3 Å². The normalized spacial score (nSPS) is 15.9. The van der Waals surface area contributed by atoms with E-state index in [0.717, 1.165) is 24.0 Å². The highest BCUT2D eigenvalue weighted by molar-refractivity contribution is 5.90. The fourth-order valence-corrected chi connectivity index (χ4v) is 1.83. The number of rotatable bonds is 7. The van der Waals surface area contributed by atoms with Gasteiger partial charge in [-0.15, -0.1) is 0 Å². The van der Waals surface area contributed by atoms with Gasteiger partial charge in [0.05, 0.1) is 12.3 Å². The van der Waals surface area contributed by atoms with Gasteiger partial charge in [-0.2, -0.15) is 0 Å². The van der Waals surface area contributed by atoms with Crippen molar-refractivity contribution in [1.82, 2.24) is 5.32 Å². The van der Waals surface area contributed by atoms with Gasteiger partial charge in [0.1, 0.15) is 5.75 Å². The molecule has 1 fully saturated rings. The van der Waals surface area contributed by atoms with Gasteiger partial charge >= 0.3 is 0 Å². The first kappa shape index (κ1) is 13.9. The van der Waals surface area contributed by atoms with Crippen LogP contribution in [0.15, 0.2) is 24.3 Å². The average Bonchev–Trinajstić information content (AvgIpc) is 3.18. The summed E-state index contributed by atoms with van der Waals surface area (Å²) in [5.74, 6) is 1.10. The molecule has 1 aliphatic carbocycles. The number of anilines is 1. The third kappa shape index (κ3) is 4.91. The van der Waals surface area contributed by atoms with Crippen molar-refractivity contribution < 1.29 is 9.53 Å². The highest BCUT2D eigenvalue weighted by Crippen LogP contribution is 2.24. The lowest BCUT2D eigenvalue weighted by Gasteiger charge is -2.16. The minimum atomic E-state index is -0.0838. The van der Waals surface area contributed by atoms with E-state index in [4.69, 9.17) is 4.74 Å². The zero-order chi connectivity index (χ0) is 13.7. The Kier molecular flexibility index (Phi) is 4.80. The van der Waals surface area contributed by atoms with Gasteiger partial charge < -0.3 is 15.4 Å². The number of benzene rings is 1. The van der Waals surface area contributed by atoms with E-state index in [1.54, 1.807) is 0 Å². The second-order valence-corrected chi connectivity index (χ2v) is 5.28. The van der Waals surface area contributed by atoms with Crippen LogP contribution in [0.25, 0.3) is 0 Å². The monoisotopic (exact) mass is 262 g/mol. The first-order valence-corrected chi connectivity index (χ1v) is 6.88. The maximum absolute atomic E-state index is 11.1. The molecule has 1 amide bonds. The molecule has 4 nitrogen and oxygen atoms in total. The van der Waals surface area contributed by atoms with Crippen molar-refractivity contribution in [3.63, 3.8) is 0 Å². The van der Waals surface area contributed by atoms with E-state index >= 15 is 0 Å². The summed E-state index contributed by atoms with van der Waals surface area (Å²) in [6.07, 6.45) is 2.61. The molecule has 0 heterocycles. The molecule has 19 heavy (non-hydrogen) atoms. The molecule has 0 spiro atoms. The molecule has 1 unspecified atom stereocenters. The van der Waals surface area contributed by atoms with Gasteiger partial charge in [0, 0.05) is 25.4 Å². The van der Waals surface area contributed by atoms with E-state index in [2.05, 4.69) is 17.6 Å². The largest absolute Gasteiger partial charge is 0.491 e. The molecular formula is C15H22N2O2. The summed E-state index contributed by atoms with van der Waals surface area (Å²) >= 11 is 0. The van der Waals surface area contributed by atoms with Crippen LogP contribution in [0.1, 0.15) is 26.7 Å². The molecule has 0 aromatic heterocycles. The number of hydrogen-bond acceptors (Lipinski definition) is 3. The molecular weight excluding hydrogens is 240 g/mol. The molecule has 1 atom stereocenters. The lowest BCUT2D eigenvalue weighted by Crippen LogP contribution is -2.26. The molecule has 0 saturated heterocycles. The Hall–Kier alpha value is -1.55. The SMILES string of the molecule is CC(=O)Nc1ccccc1OCC(C)CNC1CC1. The summed E-state index contributed by atoms with van der Waals surface area (Å²) in [7, 11) is 0.